The minimum Gasteiger partial charge on any atom is -0.461 e. The zero-order valence-corrected chi connectivity index (χ0v) is 18.0. The first-order valence-corrected chi connectivity index (χ1v) is 11.1. The van der Waals surface area contributed by atoms with Crippen LogP contribution >= 0.6 is 11.8 Å². The van der Waals surface area contributed by atoms with Gasteiger partial charge in [0.25, 0.3) is 0 Å². The Morgan fingerprint density at radius 1 is 1.07 bits per heavy atom. The number of esters is 1. The van der Waals surface area contributed by atoms with Crippen molar-refractivity contribution in [2.75, 3.05) is 11.5 Å². The molecule has 0 heterocycles. The Kier molecular flexibility index (Phi) is 6.71. The third-order valence-corrected chi connectivity index (χ3v) is 6.81. The van der Waals surface area contributed by atoms with Crippen molar-refractivity contribution in [3.05, 3.63) is 60.2 Å². The molecule has 0 bridgehead atoms. The van der Waals surface area contributed by atoms with Crippen molar-refractivity contribution in [3.8, 4) is 11.5 Å². The maximum atomic E-state index is 12.6. The van der Waals surface area contributed by atoms with Crippen molar-refractivity contribution in [2.45, 2.75) is 34.3 Å². The molecule has 0 N–H and O–H groups in total. The molecule has 0 radical (unpaired) electrons. The normalized spacial score (nSPS) is 20.0. The number of rotatable bonds is 9. The van der Waals surface area contributed by atoms with Crippen LogP contribution < -0.4 is 4.74 Å². The molecule has 2 atom stereocenters. The fourth-order valence-corrected chi connectivity index (χ4v) is 5.00. The molecule has 0 amide bonds. The summed E-state index contributed by atoms with van der Waals surface area (Å²) < 4.78 is 11.5. The number of carbonyl (C=O) groups excluding carboxylic acids is 1. The standard InChI is InChI=1S/C24H30O3S/c1-17(2)15-28-16-21-22(24(21,3)4)23(25)26-14-18-9-8-12-20(13-18)27-19-10-6-5-7-11-19/h5-13,17,21-22H,14-16H2,1-4H3/t21-,22-/m0/s1. The van der Waals surface area contributed by atoms with Crippen LogP contribution in [0.25, 0.3) is 0 Å². The molecular formula is C24H30O3S. The molecule has 150 valence electrons. The molecule has 0 aliphatic heterocycles. The van der Waals surface area contributed by atoms with Crippen LogP contribution in [-0.4, -0.2) is 17.5 Å². The largest absolute Gasteiger partial charge is 0.461 e. The van der Waals surface area contributed by atoms with Crippen LogP contribution in [0.15, 0.2) is 54.6 Å². The van der Waals surface area contributed by atoms with Gasteiger partial charge in [0, 0.05) is 0 Å². The number of para-hydroxylation sites is 1. The molecule has 2 aromatic carbocycles. The van der Waals surface area contributed by atoms with Crippen molar-refractivity contribution in [1.29, 1.82) is 0 Å². The van der Waals surface area contributed by atoms with E-state index in [9.17, 15) is 4.79 Å². The second-order valence-electron chi connectivity index (χ2n) is 8.51. The summed E-state index contributed by atoms with van der Waals surface area (Å²) in [6.07, 6.45) is 0. The SMILES string of the molecule is CC(C)CSC[C@H]1[C@@H](C(=O)OCc2cccc(Oc3ccccc3)c2)C1(C)C. The molecule has 4 heteroatoms. The third-order valence-electron chi connectivity index (χ3n) is 5.31. The summed E-state index contributed by atoms with van der Waals surface area (Å²) in [5.41, 5.74) is 0.977. The smallest absolute Gasteiger partial charge is 0.310 e. The molecular weight excluding hydrogens is 368 g/mol. The third kappa shape index (κ3) is 5.32. The van der Waals surface area contributed by atoms with Crippen LogP contribution in [0, 0.1) is 23.2 Å². The van der Waals surface area contributed by atoms with E-state index in [1.54, 1.807) is 0 Å². The Balaban J connectivity index is 1.51. The van der Waals surface area contributed by atoms with Gasteiger partial charge in [0.15, 0.2) is 0 Å². The van der Waals surface area contributed by atoms with Crippen molar-refractivity contribution < 1.29 is 14.3 Å². The minimum atomic E-state index is -0.0745. The van der Waals surface area contributed by atoms with Crippen molar-refractivity contribution in [1.82, 2.24) is 0 Å². The molecule has 2 aromatic rings. The van der Waals surface area contributed by atoms with Crippen LogP contribution in [0.3, 0.4) is 0 Å². The summed E-state index contributed by atoms with van der Waals surface area (Å²) in [5.74, 6) is 4.74. The van der Waals surface area contributed by atoms with Crippen LogP contribution in [0.4, 0.5) is 0 Å². The predicted octanol–water partition coefficient (Wildman–Crippen LogP) is 6.18. The fourth-order valence-electron chi connectivity index (χ4n) is 3.52. The number of thioether (sulfide) groups is 1. The van der Waals surface area contributed by atoms with Gasteiger partial charge in [-0.15, -0.1) is 0 Å². The second-order valence-corrected chi connectivity index (χ2v) is 9.58. The van der Waals surface area contributed by atoms with Gasteiger partial charge in [-0.3, -0.25) is 4.79 Å². The van der Waals surface area contributed by atoms with E-state index in [-0.39, 0.29) is 23.9 Å². The molecule has 1 saturated carbocycles. The van der Waals surface area contributed by atoms with Gasteiger partial charge >= 0.3 is 5.97 Å². The molecule has 1 fully saturated rings. The number of ether oxygens (including phenoxy) is 2. The summed E-state index contributed by atoms with van der Waals surface area (Å²) >= 11 is 1.95. The number of carbonyl (C=O) groups is 1. The van der Waals surface area contributed by atoms with E-state index in [4.69, 9.17) is 9.47 Å². The first-order valence-electron chi connectivity index (χ1n) is 9.94. The van der Waals surface area contributed by atoms with Gasteiger partial charge in [-0.25, -0.2) is 0 Å². The monoisotopic (exact) mass is 398 g/mol. The van der Waals surface area contributed by atoms with E-state index in [1.165, 1.54) is 0 Å². The van der Waals surface area contributed by atoms with Crippen molar-refractivity contribution >= 4 is 17.7 Å². The van der Waals surface area contributed by atoms with Crippen LogP contribution in [-0.2, 0) is 16.1 Å². The highest BCUT2D eigenvalue weighted by Crippen LogP contribution is 2.59. The number of hydrogen-bond donors (Lipinski definition) is 0. The first-order chi connectivity index (χ1) is 13.4. The highest BCUT2D eigenvalue weighted by Gasteiger charge is 2.62. The van der Waals surface area contributed by atoms with Gasteiger partial charge < -0.3 is 9.47 Å². The first kappa shape index (κ1) is 20.8. The zero-order chi connectivity index (χ0) is 20.1. The number of hydrogen-bond acceptors (Lipinski definition) is 4. The van der Waals surface area contributed by atoms with Gasteiger partial charge in [-0.05, 0) is 58.6 Å². The molecule has 3 nitrogen and oxygen atoms in total. The summed E-state index contributed by atoms with van der Waals surface area (Å²) in [7, 11) is 0. The Bertz CT molecular complexity index is 785. The second kappa shape index (κ2) is 9.04. The lowest BCUT2D eigenvalue weighted by molar-refractivity contribution is -0.147. The minimum absolute atomic E-state index is 0.0101. The lowest BCUT2D eigenvalue weighted by Gasteiger charge is -2.09. The molecule has 0 unspecified atom stereocenters. The van der Waals surface area contributed by atoms with E-state index < -0.39 is 0 Å². The average Bonchev–Trinajstić information content (AvgIpc) is 3.21. The summed E-state index contributed by atoms with van der Waals surface area (Å²) in [4.78, 5) is 12.6. The lowest BCUT2D eigenvalue weighted by atomic mass is 10.1. The Morgan fingerprint density at radius 2 is 1.79 bits per heavy atom. The van der Waals surface area contributed by atoms with Gasteiger partial charge in [0.1, 0.15) is 18.1 Å². The van der Waals surface area contributed by atoms with Gasteiger partial charge in [-0.1, -0.05) is 58.0 Å². The lowest BCUT2D eigenvalue weighted by Crippen LogP contribution is -2.11. The highest BCUT2D eigenvalue weighted by atomic mass is 32.2. The molecule has 0 aromatic heterocycles. The van der Waals surface area contributed by atoms with Gasteiger partial charge in [-0.2, -0.15) is 11.8 Å². The van der Waals surface area contributed by atoms with Crippen LogP contribution in [0.1, 0.15) is 33.3 Å². The van der Waals surface area contributed by atoms with E-state index >= 15 is 0 Å². The molecule has 1 aliphatic rings. The molecule has 3 rings (SSSR count). The molecule has 1 aliphatic carbocycles. The van der Waals surface area contributed by atoms with Crippen LogP contribution in [0.5, 0.6) is 11.5 Å². The Hall–Kier alpha value is -1.94. The van der Waals surface area contributed by atoms with E-state index in [2.05, 4.69) is 27.7 Å². The maximum absolute atomic E-state index is 12.6. The van der Waals surface area contributed by atoms with E-state index in [0.717, 1.165) is 28.6 Å². The molecule has 0 spiro atoms. The summed E-state index contributed by atoms with van der Waals surface area (Å²) in [6.45, 7) is 9.09. The maximum Gasteiger partial charge on any atom is 0.310 e. The quantitative estimate of drug-likeness (QED) is 0.472. The Labute approximate surface area is 172 Å². The number of benzene rings is 2. The topological polar surface area (TPSA) is 35.5 Å². The summed E-state index contributed by atoms with van der Waals surface area (Å²) in [6, 6.07) is 17.4. The summed E-state index contributed by atoms with van der Waals surface area (Å²) in [5, 5.41) is 0. The van der Waals surface area contributed by atoms with E-state index in [1.807, 2.05) is 66.4 Å². The van der Waals surface area contributed by atoms with Crippen molar-refractivity contribution in [3.63, 3.8) is 0 Å². The fraction of sp³-hybridized carbons (Fsp3) is 0.458. The molecule has 28 heavy (non-hydrogen) atoms. The highest BCUT2D eigenvalue weighted by molar-refractivity contribution is 7.99. The molecule has 0 saturated heterocycles. The van der Waals surface area contributed by atoms with Gasteiger partial charge in [0.2, 0.25) is 0 Å². The van der Waals surface area contributed by atoms with Crippen molar-refractivity contribution in [2.24, 2.45) is 23.2 Å². The van der Waals surface area contributed by atoms with Gasteiger partial charge in [0.05, 0.1) is 5.92 Å². The Morgan fingerprint density at radius 3 is 2.50 bits per heavy atom. The predicted molar refractivity (Wildman–Crippen MR) is 116 cm³/mol. The zero-order valence-electron chi connectivity index (χ0n) is 17.2. The van der Waals surface area contributed by atoms with E-state index in [0.29, 0.717) is 11.8 Å². The van der Waals surface area contributed by atoms with Crippen LogP contribution in [0.2, 0.25) is 0 Å². The average molecular weight is 399 g/mol.